The highest BCUT2D eigenvalue weighted by atomic mass is 19.1. The summed E-state index contributed by atoms with van der Waals surface area (Å²) >= 11 is 0. The van der Waals surface area contributed by atoms with Crippen LogP contribution in [0.5, 0.6) is 0 Å². The van der Waals surface area contributed by atoms with Crippen LogP contribution in [0.25, 0.3) is 0 Å². The predicted molar refractivity (Wildman–Crippen MR) is 106 cm³/mol. The van der Waals surface area contributed by atoms with E-state index in [2.05, 4.69) is 5.32 Å². The van der Waals surface area contributed by atoms with Crippen LogP contribution in [0, 0.1) is 19.7 Å². The summed E-state index contributed by atoms with van der Waals surface area (Å²) in [5, 5.41) is 2.90. The molecular formula is C22H27FN2O2. The number of nitrogens with zero attached hydrogens (tertiary/aromatic N) is 1. The second kappa shape index (κ2) is 9.31. The lowest BCUT2D eigenvalue weighted by Crippen LogP contribution is -2.44. The second-order valence-electron chi connectivity index (χ2n) is 6.88. The molecule has 1 unspecified atom stereocenters. The zero-order chi connectivity index (χ0) is 20.0. The Balaban J connectivity index is 2.10. The van der Waals surface area contributed by atoms with Gasteiger partial charge in [-0.1, -0.05) is 31.2 Å². The van der Waals surface area contributed by atoms with E-state index in [0.29, 0.717) is 5.56 Å². The van der Waals surface area contributed by atoms with E-state index >= 15 is 0 Å². The Hall–Kier alpha value is -2.69. The Morgan fingerprint density at radius 1 is 1.15 bits per heavy atom. The van der Waals surface area contributed by atoms with Crippen LogP contribution in [0.15, 0.2) is 42.5 Å². The molecule has 4 nitrogen and oxygen atoms in total. The lowest BCUT2D eigenvalue weighted by atomic mass is 10.1. The fourth-order valence-electron chi connectivity index (χ4n) is 2.86. The molecule has 2 aromatic rings. The van der Waals surface area contributed by atoms with Gasteiger partial charge in [0.05, 0.1) is 6.42 Å². The summed E-state index contributed by atoms with van der Waals surface area (Å²) in [5.74, 6) is -0.800. The quantitative estimate of drug-likeness (QED) is 0.792. The SMILES string of the molecule is CCC(C)N(CC(=O)Nc1cccc(C)c1C)C(=O)Cc1cccc(F)c1. The van der Waals surface area contributed by atoms with E-state index in [1.165, 1.54) is 12.1 Å². The molecule has 0 radical (unpaired) electrons. The van der Waals surface area contributed by atoms with Crippen molar-refractivity contribution in [1.29, 1.82) is 0 Å². The van der Waals surface area contributed by atoms with Gasteiger partial charge in [-0.3, -0.25) is 9.59 Å². The number of benzene rings is 2. The molecule has 2 aromatic carbocycles. The molecule has 27 heavy (non-hydrogen) atoms. The summed E-state index contributed by atoms with van der Waals surface area (Å²) in [6.45, 7) is 7.78. The van der Waals surface area contributed by atoms with Gasteiger partial charge in [0.2, 0.25) is 11.8 Å². The van der Waals surface area contributed by atoms with Crippen LogP contribution < -0.4 is 5.32 Å². The van der Waals surface area contributed by atoms with Gasteiger partial charge >= 0.3 is 0 Å². The maximum atomic E-state index is 13.4. The van der Waals surface area contributed by atoms with Gasteiger partial charge < -0.3 is 10.2 Å². The lowest BCUT2D eigenvalue weighted by molar-refractivity contribution is -0.136. The number of hydrogen-bond acceptors (Lipinski definition) is 2. The number of nitrogens with one attached hydrogen (secondary N) is 1. The summed E-state index contributed by atoms with van der Waals surface area (Å²) in [5.41, 5.74) is 3.45. The molecule has 0 aliphatic rings. The average molecular weight is 370 g/mol. The molecular weight excluding hydrogens is 343 g/mol. The monoisotopic (exact) mass is 370 g/mol. The fraction of sp³-hybridized carbons (Fsp3) is 0.364. The number of halogens is 1. The van der Waals surface area contributed by atoms with Crippen molar-refractivity contribution >= 4 is 17.5 Å². The topological polar surface area (TPSA) is 49.4 Å². The highest BCUT2D eigenvalue weighted by Crippen LogP contribution is 2.18. The number of carbonyl (C=O) groups excluding carboxylic acids is 2. The highest BCUT2D eigenvalue weighted by Gasteiger charge is 2.22. The van der Waals surface area contributed by atoms with Crippen molar-refractivity contribution in [2.45, 2.75) is 46.6 Å². The zero-order valence-electron chi connectivity index (χ0n) is 16.4. The highest BCUT2D eigenvalue weighted by molar-refractivity contribution is 5.95. The Kier molecular flexibility index (Phi) is 7.11. The largest absolute Gasteiger partial charge is 0.330 e. The summed E-state index contributed by atoms with van der Waals surface area (Å²) in [6, 6.07) is 11.6. The van der Waals surface area contributed by atoms with Gasteiger partial charge in [-0.2, -0.15) is 0 Å². The third-order valence-corrected chi connectivity index (χ3v) is 4.88. The summed E-state index contributed by atoms with van der Waals surface area (Å²) in [7, 11) is 0. The standard InChI is InChI=1S/C22H27FN2O2/c1-5-16(3)25(22(27)13-18-9-7-10-19(23)12-18)14-21(26)24-20-11-6-8-15(2)17(20)4/h6-12,16H,5,13-14H2,1-4H3,(H,24,26). The molecule has 1 N–H and O–H groups in total. The van der Waals surface area contributed by atoms with Crippen LogP contribution in [-0.2, 0) is 16.0 Å². The van der Waals surface area contributed by atoms with E-state index < -0.39 is 0 Å². The second-order valence-corrected chi connectivity index (χ2v) is 6.88. The molecule has 0 heterocycles. The third-order valence-electron chi connectivity index (χ3n) is 4.88. The zero-order valence-corrected chi connectivity index (χ0v) is 16.4. The molecule has 0 aliphatic carbocycles. The van der Waals surface area contributed by atoms with Crippen LogP contribution >= 0.6 is 0 Å². The van der Waals surface area contributed by atoms with Crippen molar-refractivity contribution in [2.24, 2.45) is 0 Å². The molecule has 0 aliphatic heterocycles. The first-order chi connectivity index (χ1) is 12.8. The van der Waals surface area contributed by atoms with Crippen molar-refractivity contribution in [1.82, 2.24) is 4.90 Å². The van der Waals surface area contributed by atoms with Gasteiger partial charge in [-0.15, -0.1) is 0 Å². The molecule has 0 saturated carbocycles. The van der Waals surface area contributed by atoms with Crippen molar-refractivity contribution in [3.63, 3.8) is 0 Å². The van der Waals surface area contributed by atoms with Crippen molar-refractivity contribution in [3.05, 3.63) is 65.0 Å². The first-order valence-electron chi connectivity index (χ1n) is 9.21. The maximum Gasteiger partial charge on any atom is 0.244 e. The molecule has 0 aromatic heterocycles. The van der Waals surface area contributed by atoms with Crippen LogP contribution in [0.1, 0.15) is 37.0 Å². The molecule has 2 amide bonds. The minimum absolute atomic E-state index is 0.0312. The van der Waals surface area contributed by atoms with Gasteiger partial charge in [-0.25, -0.2) is 4.39 Å². The van der Waals surface area contributed by atoms with E-state index in [4.69, 9.17) is 0 Å². The van der Waals surface area contributed by atoms with Crippen LogP contribution in [0.4, 0.5) is 10.1 Å². The lowest BCUT2D eigenvalue weighted by Gasteiger charge is -2.28. The van der Waals surface area contributed by atoms with E-state index in [1.54, 1.807) is 17.0 Å². The van der Waals surface area contributed by atoms with E-state index in [9.17, 15) is 14.0 Å². The Morgan fingerprint density at radius 3 is 2.52 bits per heavy atom. The molecule has 5 heteroatoms. The van der Waals surface area contributed by atoms with Crippen LogP contribution in [0.2, 0.25) is 0 Å². The van der Waals surface area contributed by atoms with Gasteiger partial charge in [0.15, 0.2) is 0 Å². The van der Waals surface area contributed by atoms with Gasteiger partial charge in [0, 0.05) is 11.7 Å². The number of aryl methyl sites for hydroxylation is 1. The first kappa shape index (κ1) is 20.6. The minimum atomic E-state index is -0.372. The normalized spacial score (nSPS) is 11.7. The minimum Gasteiger partial charge on any atom is -0.330 e. The van der Waals surface area contributed by atoms with Crippen molar-refractivity contribution in [2.75, 3.05) is 11.9 Å². The number of rotatable bonds is 7. The molecule has 0 spiro atoms. The van der Waals surface area contributed by atoms with Crippen molar-refractivity contribution < 1.29 is 14.0 Å². The average Bonchev–Trinajstić information content (AvgIpc) is 2.63. The first-order valence-corrected chi connectivity index (χ1v) is 9.21. The predicted octanol–water partition coefficient (Wildman–Crippen LogP) is 4.25. The Bertz CT molecular complexity index is 820. The number of hydrogen-bond donors (Lipinski definition) is 1. The van der Waals surface area contributed by atoms with Gasteiger partial charge in [-0.05, 0) is 62.1 Å². The summed E-state index contributed by atoms with van der Waals surface area (Å²) < 4.78 is 13.4. The number of anilines is 1. The van der Waals surface area contributed by atoms with Gasteiger partial charge in [0.25, 0.3) is 0 Å². The smallest absolute Gasteiger partial charge is 0.244 e. The van der Waals surface area contributed by atoms with E-state index in [1.807, 2.05) is 45.9 Å². The van der Waals surface area contributed by atoms with Crippen molar-refractivity contribution in [3.8, 4) is 0 Å². The maximum absolute atomic E-state index is 13.4. The summed E-state index contributed by atoms with van der Waals surface area (Å²) in [6.07, 6.45) is 0.796. The number of amides is 2. The van der Waals surface area contributed by atoms with Gasteiger partial charge in [0.1, 0.15) is 12.4 Å². The molecule has 1 atom stereocenters. The molecule has 0 fully saturated rings. The third kappa shape index (κ3) is 5.64. The molecule has 0 bridgehead atoms. The fourth-order valence-corrected chi connectivity index (χ4v) is 2.86. The van der Waals surface area contributed by atoms with Crippen LogP contribution in [0.3, 0.4) is 0 Å². The summed E-state index contributed by atoms with van der Waals surface area (Å²) in [4.78, 5) is 26.9. The molecule has 2 rings (SSSR count). The Morgan fingerprint density at radius 2 is 1.85 bits per heavy atom. The van der Waals surface area contributed by atoms with E-state index in [-0.39, 0.29) is 36.6 Å². The van der Waals surface area contributed by atoms with Crippen LogP contribution in [-0.4, -0.2) is 29.3 Å². The molecule has 144 valence electrons. The van der Waals surface area contributed by atoms with E-state index in [0.717, 1.165) is 23.2 Å². The molecule has 0 saturated heterocycles. The number of carbonyl (C=O) groups is 2. The Labute approximate surface area is 160 Å².